The van der Waals surface area contributed by atoms with Crippen molar-refractivity contribution in [2.45, 2.75) is 38.6 Å². The minimum Gasteiger partial charge on any atom is -0.337 e. The highest BCUT2D eigenvalue weighted by molar-refractivity contribution is 5.57. The zero-order valence-electron chi connectivity index (χ0n) is 11.3. The molecule has 100 valence electrons. The molecule has 1 atom stereocenters. The SMILES string of the molecule is Cc1ccncc1-c1noc(C2(C)CCCCN2)n1. The molecule has 3 heterocycles. The number of hydrogen-bond acceptors (Lipinski definition) is 5. The van der Waals surface area contributed by atoms with Gasteiger partial charge in [-0.1, -0.05) is 5.16 Å². The Morgan fingerprint density at radius 2 is 2.26 bits per heavy atom. The van der Waals surface area contributed by atoms with Gasteiger partial charge in [-0.2, -0.15) is 4.98 Å². The van der Waals surface area contributed by atoms with Crippen LogP contribution in [-0.2, 0) is 5.54 Å². The molecular weight excluding hydrogens is 240 g/mol. The molecule has 0 aliphatic carbocycles. The van der Waals surface area contributed by atoms with Crippen molar-refractivity contribution in [1.82, 2.24) is 20.4 Å². The molecule has 0 spiro atoms. The van der Waals surface area contributed by atoms with Crippen LogP contribution in [0.25, 0.3) is 11.4 Å². The van der Waals surface area contributed by atoms with Gasteiger partial charge < -0.3 is 9.84 Å². The summed E-state index contributed by atoms with van der Waals surface area (Å²) in [6, 6.07) is 1.95. The predicted molar refractivity (Wildman–Crippen MR) is 71.5 cm³/mol. The zero-order chi connectivity index (χ0) is 13.3. The van der Waals surface area contributed by atoms with E-state index in [2.05, 4.69) is 27.4 Å². The smallest absolute Gasteiger partial charge is 0.246 e. The van der Waals surface area contributed by atoms with Gasteiger partial charge in [0, 0.05) is 18.0 Å². The Morgan fingerprint density at radius 3 is 3.00 bits per heavy atom. The van der Waals surface area contributed by atoms with Gasteiger partial charge in [-0.25, -0.2) is 0 Å². The first-order valence-corrected chi connectivity index (χ1v) is 6.69. The summed E-state index contributed by atoms with van der Waals surface area (Å²) in [6.07, 6.45) is 6.97. The number of aromatic nitrogens is 3. The highest BCUT2D eigenvalue weighted by Gasteiger charge is 2.34. The number of pyridine rings is 1. The van der Waals surface area contributed by atoms with Crippen LogP contribution < -0.4 is 5.32 Å². The molecule has 0 aromatic carbocycles. The van der Waals surface area contributed by atoms with E-state index in [1.807, 2.05) is 13.0 Å². The van der Waals surface area contributed by atoms with Crippen LogP contribution in [0.1, 0.15) is 37.6 Å². The van der Waals surface area contributed by atoms with Crippen LogP contribution in [0.2, 0.25) is 0 Å². The van der Waals surface area contributed by atoms with Crippen molar-refractivity contribution in [1.29, 1.82) is 0 Å². The molecule has 2 aromatic heterocycles. The van der Waals surface area contributed by atoms with Gasteiger partial charge in [0.05, 0.1) is 5.54 Å². The Kier molecular flexibility index (Phi) is 3.06. The molecule has 1 aliphatic heterocycles. The standard InChI is InChI=1S/C14H18N4O/c1-10-5-8-15-9-11(10)12-17-13(19-18-12)14(2)6-3-4-7-16-14/h5,8-9,16H,3-4,6-7H2,1-2H3. The molecule has 1 saturated heterocycles. The van der Waals surface area contributed by atoms with E-state index in [0.717, 1.165) is 24.1 Å². The maximum absolute atomic E-state index is 5.47. The minimum atomic E-state index is -0.195. The zero-order valence-corrected chi connectivity index (χ0v) is 11.3. The number of piperidine rings is 1. The highest BCUT2D eigenvalue weighted by atomic mass is 16.5. The van der Waals surface area contributed by atoms with Crippen molar-refractivity contribution < 1.29 is 4.52 Å². The first kappa shape index (κ1) is 12.3. The average Bonchev–Trinajstić information content (AvgIpc) is 2.90. The normalized spacial score (nSPS) is 23.5. The van der Waals surface area contributed by atoms with E-state index < -0.39 is 0 Å². The quantitative estimate of drug-likeness (QED) is 0.896. The van der Waals surface area contributed by atoms with Crippen molar-refractivity contribution in [3.63, 3.8) is 0 Å². The molecule has 1 unspecified atom stereocenters. The van der Waals surface area contributed by atoms with Gasteiger partial charge in [0.25, 0.3) is 0 Å². The van der Waals surface area contributed by atoms with Gasteiger partial charge >= 0.3 is 0 Å². The summed E-state index contributed by atoms with van der Waals surface area (Å²) >= 11 is 0. The number of nitrogens with zero attached hydrogens (tertiary/aromatic N) is 3. The van der Waals surface area contributed by atoms with E-state index in [9.17, 15) is 0 Å². The summed E-state index contributed by atoms with van der Waals surface area (Å²) in [5, 5.41) is 7.58. The van der Waals surface area contributed by atoms with E-state index >= 15 is 0 Å². The number of rotatable bonds is 2. The third-order valence-corrected chi connectivity index (χ3v) is 3.80. The Morgan fingerprint density at radius 1 is 1.37 bits per heavy atom. The number of aryl methyl sites for hydroxylation is 1. The maximum atomic E-state index is 5.47. The molecule has 5 nitrogen and oxygen atoms in total. The molecule has 2 aromatic rings. The summed E-state index contributed by atoms with van der Waals surface area (Å²) in [4.78, 5) is 8.68. The fourth-order valence-electron chi connectivity index (χ4n) is 2.49. The molecule has 0 bridgehead atoms. The van der Waals surface area contributed by atoms with Crippen molar-refractivity contribution in [2.24, 2.45) is 0 Å². The van der Waals surface area contributed by atoms with Gasteiger partial charge in [-0.3, -0.25) is 4.98 Å². The molecule has 1 fully saturated rings. The van der Waals surface area contributed by atoms with Crippen molar-refractivity contribution >= 4 is 0 Å². The summed E-state index contributed by atoms with van der Waals surface area (Å²) in [7, 11) is 0. The van der Waals surface area contributed by atoms with Crippen molar-refractivity contribution in [3.05, 3.63) is 29.9 Å². The third kappa shape index (κ3) is 2.26. The van der Waals surface area contributed by atoms with Crippen LogP contribution in [-0.4, -0.2) is 21.7 Å². The summed E-state index contributed by atoms with van der Waals surface area (Å²) in [5.41, 5.74) is 1.83. The molecule has 5 heteroatoms. The largest absolute Gasteiger partial charge is 0.337 e. The summed E-state index contributed by atoms with van der Waals surface area (Å²) in [6.45, 7) is 5.15. The van der Waals surface area contributed by atoms with E-state index in [0.29, 0.717) is 11.7 Å². The van der Waals surface area contributed by atoms with Crippen LogP contribution in [0.15, 0.2) is 23.0 Å². The van der Waals surface area contributed by atoms with E-state index in [4.69, 9.17) is 4.52 Å². The molecule has 0 radical (unpaired) electrons. The Balaban J connectivity index is 1.93. The van der Waals surface area contributed by atoms with Crippen LogP contribution in [0.4, 0.5) is 0 Å². The van der Waals surface area contributed by atoms with Crippen LogP contribution in [0.3, 0.4) is 0 Å². The van der Waals surface area contributed by atoms with Crippen LogP contribution >= 0.6 is 0 Å². The van der Waals surface area contributed by atoms with E-state index in [1.165, 1.54) is 12.8 Å². The minimum absolute atomic E-state index is 0.195. The second kappa shape index (κ2) is 4.74. The molecular formula is C14H18N4O. The third-order valence-electron chi connectivity index (χ3n) is 3.80. The first-order chi connectivity index (χ1) is 9.19. The topological polar surface area (TPSA) is 63.8 Å². The van der Waals surface area contributed by atoms with Gasteiger partial charge in [0.1, 0.15) is 0 Å². The van der Waals surface area contributed by atoms with E-state index in [-0.39, 0.29) is 5.54 Å². The fourth-order valence-corrected chi connectivity index (χ4v) is 2.49. The highest BCUT2D eigenvalue weighted by Crippen LogP contribution is 2.30. The van der Waals surface area contributed by atoms with Gasteiger partial charge in [0.2, 0.25) is 11.7 Å². The molecule has 19 heavy (non-hydrogen) atoms. The maximum Gasteiger partial charge on any atom is 0.246 e. The molecule has 1 aliphatic rings. The fraction of sp³-hybridized carbons (Fsp3) is 0.500. The Labute approximate surface area is 112 Å². The molecule has 0 amide bonds. The Hall–Kier alpha value is -1.75. The summed E-state index contributed by atoms with van der Waals surface area (Å²) in [5.74, 6) is 1.29. The molecule has 1 N–H and O–H groups in total. The van der Waals surface area contributed by atoms with Crippen LogP contribution in [0, 0.1) is 6.92 Å². The van der Waals surface area contributed by atoms with Gasteiger partial charge in [-0.05, 0) is 51.3 Å². The molecule has 3 rings (SSSR count). The lowest BCUT2D eigenvalue weighted by molar-refractivity contribution is 0.207. The number of nitrogens with one attached hydrogen (secondary N) is 1. The lowest BCUT2D eigenvalue weighted by Crippen LogP contribution is -2.43. The lowest BCUT2D eigenvalue weighted by atomic mass is 9.91. The summed E-state index contributed by atoms with van der Waals surface area (Å²) < 4.78 is 5.47. The van der Waals surface area contributed by atoms with E-state index in [1.54, 1.807) is 12.4 Å². The number of hydrogen-bond donors (Lipinski definition) is 1. The first-order valence-electron chi connectivity index (χ1n) is 6.69. The van der Waals surface area contributed by atoms with Gasteiger partial charge in [0.15, 0.2) is 0 Å². The molecule has 0 saturated carbocycles. The lowest BCUT2D eigenvalue weighted by Gasteiger charge is -2.31. The van der Waals surface area contributed by atoms with Crippen molar-refractivity contribution in [2.75, 3.05) is 6.54 Å². The second-order valence-electron chi connectivity index (χ2n) is 5.33. The van der Waals surface area contributed by atoms with Crippen molar-refractivity contribution in [3.8, 4) is 11.4 Å². The Bertz CT molecular complexity index is 572. The van der Waals surface area contributed by atoms with Crippen LogP contribution in [0.5, 0.6) is 0 Å². The predicted octanol–water partition coefficient (Wildman–Crippen LogP) is 2.43. The average molecular weight is 258 g/mol. The second-order valence-corrected chi connectivity index (χ2v) is 5.33. The monoisotopic (exact) mass is 258 g/mol. The van der Waals surface area contributed by atoms with Gasteiger partial charge in [-0.15, -0.1) is 0 Å².